The second kappa shape index (κ2) is 4.99. The van der Waals surface area contributed by atoms with Crippen LogP contribution >= 0.6 is 11.3 Å². The molecule has 0 fully saturated rings. The molecule has 0 saturated carbocycles. The maximum Gasteiger partial charge on any atom is 0.304 e. The number of carboxylic acids is 1. The largest absolute Gasteiger partial charge is 0.481 e. The van der Waals surface area contributed by atoms with Crippen LogP contribution in [-0.4, -0.2) is 24.2 Å². The van der Waals surface area contributed by atoms with Crippen molar-refractivity contribution in [2.24, 2.45) is 0 Å². The van der Waals surface area contributed by atoms with Crippen LogP contribution in [0, 0.1) is 0 Å². The van der Waals surface area contributed by atoms with E-state index in [9.17, 15) is 4.79 Å². The van der Waals surface area contributed by atoms with Crippen molar-refractivity contribution >= 4 is 17.3 Å². The van der Waals surface area contributed by atoms with E-state index in [1.807, 2.05) is 17.5 Å². The number of hydrogen-bond donors (Lipinski definition) is 2. The number of carbonyl (C=O) groups is 1. The summed E-state index contributed by atoms with van der Waals surface area (Å²) < 4.78 is 0. The molecule has 1 unspecified atom stereocenters. The van der Waals surface area contributed by atoms with E-state index in [4.69, 9.17) is 5.11 Å². The summed E-state index contributed by atoms with van der Waals surface area (Å²) in [5, 5.41) is 13.6. The first-order chi connectivity index (χ1) is 6.22. The predicted molar refractivity (Wildman–Crippen MR) is 53.1 cm³/mol. The van der Waals surface area contributed by atoms with Gasteiger partial charge in [0.05, 0.1) is 6.42 Å². The molecule has 13 heavy (non-hydrogen) atoms. The predicted octanol–water partition coefficient (Wildman–Crippen LogP) is 1.35. The Morgan fingerprint density at radius 3 is 3.00 bits per heavy atom. The summed E-state index contributed by atoms with van der Waals surface area (Å²) in [6, 6.07) is 4.04. The summed E-state index contributed by atoms with van der Waals surface area (Å²) in [5.41, 5.74) is 0. The number of carboxylic acid groups (broad SMARTS) is 1. The number of hydrogen-bond acceptors (Lipinski definition) is 3. The van der Waals surface area contributed by atoms with Gasteiger partial charge in [0.15, 0.2) is 0 Å². The monoisotopic (exact) mass is 199 g/mol. The van der Waals surface area contributed by atoms with Crippen LogP contribution in [0.25, 0.3) is 0 Å². The fourth-order valence-electron chi connectivity index (χ4n) is 1.16. The number of aliphatic carboxylic acids is 1. The lowest BCUT2D eigenvalue weighted by molar-refractivity contribution is -0.137. The van der Waals surface area contributed by atoms with Gasteiger partial charge in [0.1, 0.15) is 0 Å². The van der Waals surface area contributed by atoms with Crippen LogP contribution in [-0.2, 0) is 11.2 Å². The van der Waals surface area contributed by atoms with Gasteiger partial charge in [0, 0.05) is 10.9 Å². The van der Waals surface area contributed by atoms with Crippen molar-refractivity contribution in [2.75, 3.05) is 7.05 Å². The molecule has 1 atom stereocenters. The minimum Gasteiger partial charge on any atom is -0.481 e. The smallest absolute Gasteiger partial charge is 0.304 e. The van der Waals surface area contributed by atoms with E-state index in [-0.39, 0.29) is 12.5 Å². The molecule has 1 heterocycles. The molecule has 0 amide bonds. The third kappa shape index (κ3) is 3.57. The van der Waals surface area contributed by atoms with Gasteiger partial charge in [-0.1, -0.05) is 6.07 Å². The second-order valence-electron chi connectivity index (χ2n) is 2.87. The maximum atomic E-state index is 10.5. The molecule has 4 heteroatoms. The van der Waals surface area contributed by atoms with E-state index >= 15 is 0 Å². The molecule has 0 spiro atoms. The van der Waals surface area contributed by atoms with Crippen molar-refractivity contribution in [3.8, 4) is 0 Å². The number of likely N-dealkylation sites (N-methyl/N-ethyl adjacent to an activating group) is 1. The van der Waals surface area contributed by atoms with Gasteiger partial charge in [-0.3, -0.25) is 4.79 Å². The summed E-state index contributed by atoms with van der Waals surface area (Å²) in [7, 11) is 1.79. The zero-order valence-electron chi connectivity index (χ0n) is 7.49. The summed E-state index contributed by atoms with van der Waals surface area (Å²) in [6.45, 7) is 0. The van der Waals surface area contributed by atoms with Gasteiger partial charge in [0.25, 0.3) is 0 Å². The highest BCUT2D eigenvalue weighted by molar-refractivity contribution is 7.09. The lowest BCUT2D eigenvalue weighted by atomic mass is 10.1. The lowest BCUT2D eigenvalue weighted by Crippen LogP contribution is -2.29. The Labute approximate surface area is 81.4 Å². The van der Waals surface area contributed by atoms with Crippen LogP contribution < -0.4 is 5.32 Å². The summed E-state index contributed by atoms with van der Waals surface area (Å²) >= 11 is 1.66. The van der Waals surface area contributed by atoms with E-state index in [0.29, 0.717) is 0 Å². The summed E-state index contributed by atoms with van der Waals surface area (Å²) in [4.78, 5) is 11.7. The van der Waals surface area contributed by atoms with Crippen LogP contribution in [0.1, 0.15) is 11.3 Å². The first-order valence-corrected chi connectivity index (χ1v) is 5.01. The third-order valence-corrected chi connectivity index (χ3v) is 2.76. The van der Waals surface area contributed by atoms with Gasteiger partial charge in [-0.05, 0) is 24.9 Å². The van der Waals surface area contributed by atoms with Gasteiger partial charge >= 0.3 is 5.97 Å². The molecular weight excluding hydrogens is 186 g/mol. The van der Waals surface area contributed by atoms with Crippen molar-refractivity contribution < 1.29 is 9.90 Å². The minimum absolute atomic E-state index is 0.0381. The SMILES string of the molecule is CNC(CC(=O)O)Cc1cccs1. The highest BCUT2D eigenvalue weighted by Crippen LogP contribution is 2.12. The topological polar surface area (TPSA) is 49.3 Å². The first kappa shape index (κ1) is 10.2. The summed E-state index contributed by atoms with van der Waals surface area (Å²) in [6.07, 6.45) is 0.967. The average Bonchev–Trinajstić information content (AvgIpc) is 2.55. The third-order valence-electron chi connectivity index (χ3n) is 1.86. The van der Waals surface area contributed by atoms with Crippen LogP contribution in [0.4, 0.5) is 0 Å². The van der Waals surface area contributed by atoms with E-state index in [1.165, 1.54) is 4.88 Å². The molecule has 1 rings (SSSR count). The van der Waals surface area contributed by atoms with Crippen LogP contribution in [0.2, 0.25) is 0 Å². The molecule has 0 saturated heterocycles. The molecule has 0 aliphatic heterocycles. The zero-order valence-corrected chi connectivity index (χ0v) is 8.30. The van der Waals surface area contributed by atoms with Crippen molar-refractivity contribution in [2.45, 2.75) is 18.9 Å². The lowest BCUT2D eigenvalue weighted by Gasteiger charge is -2.11. The Bertz CT molecular complexity index is 259. The van der Waals surface area contributed by atoms with Crippen molar-refractivity contribution in [1.82, 2.24) is 5.32 Å². The highest BCUT2D eigenvalue weighted by atomic mass is 32.1. The van der Waals surface area contributed by atoms with E-state index < -0.39 is 5.97 Å². The van der Waals surface area contributed by atoms with Crippen molar-refractivity contribution in [3.05, 3.63) is 22.4 Å². The molecular formula is C9H13NO2S. The Morgan fingerprint density at radius 1 is 1.77 bits per heavy atom. The van der Waals surface area contributed by atoms with E-state index in [2.05, 4.69) is 5.32 Å². The Balaban J connectivity index is 2.45. The molecule has 0 aromatic carbocycles. The van der Waals surface area contributed by atoms with Gasteiger partial charge in [0.2, 0.25) is 0 Å². The molecule has 0 aliphatic carbocycles. The number of thiophene rings is 1. The van der Waals surface area contributed by atoms with E-state index in [0.717, 1.165) is 6.42 Å². The molecule has 72 valence electrons. The van der Waals surface area contributed by atoms with Gasteiger partial charge in [-0.15, -0.1) is 11.3 Å². The normalized spacial score (nSPS) is 12.7. The number of nitrogens with one attached hydrogen (secondary N) is 1. The fourth-order valence-corrected chi connectivity index (χ4v) is 1.95. The van der Waals surface area contributed by atoms with Crippen molar-refractivity contribution in [1.29, 1.82) is 0 Å². The average molecular weight is 199 g/mol. The number of rotatable bonds is 5. The quantitative estimate of drug-likeness (QED) is 0.752. The molecule has 0 radical (unpaired) electrons. The molecule has 2 N–H and O–H groups in total. The van der Waals surface area contributed by atoms with Gasteiger partial charge < -0.3 is 10.4 Å². The van der Waals surface area contributed by atoms with Gasteiger partial charge in [-0.2, -0.15) is 0 Å². The maximum absolute atomic E-state index is 10.5. The molecule has 1 aromatic heterocycles. The van der Waals surface area contributed by atoms with Crippen LogP contribution in [0.15, 0.2) is 17.5 Å². The fraction of sp³-hybridized carbons (Fsp3) is 0.444. The summed E-state index contributed by atoms with van der Waals surface area (Å²) in [5.74, 6) is -0.754. The molecule has 0 bridgehead atoms. The van der Waals surface area contributed by atoms with Crippen molar-refractivity contribution in [3.63, 3.8) is 0 Å². The minimum atomic E-state index is -0.754. The highest BCUT2D eigenvalue weighted by Gasteiger charge is 2.11. The Kier molecular flexibility index (Phi) is 3.92. The van der Waals surface area contributed by atoms with E-state index in [1.54, 1.807) is 18.4 Å². The van der Waals surface area contributed by atoms with Crippen LogP contribution in [0.3, 0.4) is 0 Å². The second-order valence-corrected chi connectivity index (χ2v) is 3.90. The molecule has 1 aromatic rings. The molecule has 0 aliphatic rings. The van der Waals surface area contributed by atoms with Gasteiger partial charge in [-0.25, -0.2) is 0 Å². The standard InChI is InChI=1S/C9H13NO2S/c1-10-7(6-9(11)12)5-8-3-2-4-13-8/h2-4,7,10H,5-6H2,1H3,(H,11,12). The Morgan fingerprint density at radius 2 is 2.54 bits per heavy atom. The Hall–Kier alpha value is -0.870. The van der Waals surface area contributed by atoms with Crippen LogP contribution in [0.5, 0.6) is 0 Å². The first-order valence-electron chi connectivity index (χ1n) is 4.14. The molecule has 3 nitrogen and oxygen atoms in total. The zero-order chi connectivity index (χ0) is 9.68.